The summed E-state index contributed by atoms with van der Waals surface area (Å²) in [5.41, 5.74) is 2.51. The lowest BCUT2D eigenvalue weighted by Crippen LogP contribution is -2.50. The van der Waals surface area contributed by atoms with E-state index in [2.05, 4.69) is 41.8 Å². The van der Waals surface area contributed by atoms with Gasteiger partial charge in [0.2, 0.25) is 0 Å². The zero-order chi connectivity index (χ0) is 14.4. The molecule has 1 saturated heterocycles. The van der Waals surface area contributed by atoms with E-state index >= 15 is 0 Å². The van der Waals surface area contributed by atoms with Crippen molar-refractivity contribution in [2.45, 2.75) is 32.9 Å². The van der Waals surface area contributed by atoms with Crippen LogP contribution in [-0.4, -0.2) is 31.7 Å². The van der Waals surface area contributed by atoms with Crippen molar-refractivity contribution in [2.24, 2.45) is 5.92 Å². The maximum atomic E-state index is 12.0. The van der Waals surface area contributed by atoms with Crippen molar-refractivity contribution in [3.05, 3.63) is 35.4 Å². The summed E-state index contributed by atoms with van der Waals surface area (Å²) in [4.78, 5) is 12.0. The average Bonchev–Trinajstić information content (AvgIpc) is 2.47. The average molecular weight is 276 g/mol. The van der Waals surface area contributed by atoms with Gasteiger partial charge in [0, 0.05) is 19.1 Å². The number of carbonyl (C=O) groups is 1. The fourth-order valence-electron chi connectivity index (χ4n) is 2.55. The summed E-state index contributed by atoms with van der Waals surface area (Å²) in [6.45, 7) is 6.82. The molecule has 1 aliphatic rings. The second-order valence-electron chi connectivity index (χ2n) is 5.32. The van der Waals surface area contributed by atoms with E-state index < -0.39 is 0 Å². The molecule has 4 heteroatoms. The summed E-state index contributed by atoms with van der Waals surface area (Å²) in [5.74, 6) is -0.185. The third-order valence-corrected chi connectivity index (χ3v) is 3.76. The third-order valence-electron chi connectivity index (χ3n) is 3.76. The van der Waals surface area contributed by atoms with Crippen LogP contribution in [0.25, 0.3) is 0 Å². The molecule has 110 valence electrons. The lowest BCUT2D eigenvalue weighted by molar-refractivity contribution is -0.149. The Bertz CT molecular complexity index is 431. The Morgan fingerprint density at radius 1 is 1.40 bits per heavy atom. The fraction of sp³-hybridized carbons (Fsp3) is 0.562. The van der Waals surface area contributed by atoms with Crippen LogP contribution in [0, 0.1) is 12.8 Å². The van der Waals surface area contributed by atoms with Gasteiger partial charge in [-0.25, -0.2) is 0 Å². The van der Waals surface area contributed by atoms with Crippen LogP contribution in [0.3, 0.4) is 0 Å². The zero-order valence-corrected chi connectivity index (χ0v) is 12.3. The molecule has 2 N–H and O–H groups in total. The van der Waals surface area contributed by atoms with Gasteiger partial charge in [-0.2, -0.15) is 0 Å². The van der Waals surface area contributed by atoms with Crippen molar-refractivity contribution in [3.8, 4) is 0 Å². The Morgan fingerprint density at radius 2 is 2.15 bits per heavy atom. The minimum Gasteiger partial charge on any atom is -0.466 e. The molecule has 1 aliphatic heterocycles. The maximum absolute atomic E-state index is 12.0. The van der Waals surface area contributed by atoms with Crippen molar-refractivity contribution in [1.82, 2.24) is 10.6 Å². The van der Waals surface area contributed by atoms with Crippen molar-refractivity contribution < 1.29 is 9.53 Å². The Balaban J connectivity index is 1.91. The van der Waals surface area contributed by atoms with Crippen LogP contribution >= 0.6 is 0 Å². The predicted molar refractivity (Wildman–Crippen MR) is 79.4 cm³/mol. The number of ether oxygens (including phenoxy) is 1. The van der Waals surface area contributed by atoms with Crippen LogP contribution in [0.5, 0.6) is 0 Å². The van der Waals surface area contributed by atoms with E-state index in [0.29, 0.717) is 13.2 Å². The molecule has 2 rings (SSSR count). The molecular weight excluding hydrogens is 252 g/mol. The molecule has 2 unspecified atom stereocenters. The van der Waals surface area contributed by atoms with Crippen LogP contribution in [0.4, 0.5) is 0 Å². The van der Waals surface area contributed by atoms with Crippen molar-refractivity contribution in [2.75, 3.05) is 19.7 Å². The first-order valence-electron chi connectivity index (χ1n) is 7.37. The second kappa shape index (κ2) is 7.41. The number of hydrogen-bond donors (Lipinski definition) is 2. The van der Waals surface area contributed by atoms with Crippen molar-refractivity contribution in [1.29, 1.82) is 0 Å². The van der Waals surface area contributed by atoms with E-state index in [1.54, 1.807) is 0 Å². The smallest absolute Gasteiger partial charge is 0.311 e. The van der Waals surface area contributed by atoms with Gasteiger partial charge in [0.05, 0.1) is 12.5 Å². The standard InChI is InChI=1S/C16H24N2O2/c1-3-20-16(19)14-11-17-9-8-15(14)18-10-13-6-4-12(2)5-7-13/h4-7,14-15,17-18H,3,8-11H2,1-2H3. The lowest BCUT2D eigenvalue weighted by Gasteiger charge is -2.31. The number of nitrogens with one attached hydrogen (secondary N) is 2. The third kappa shape index (κ3) is 4.05. The van der Waals surface area contributed by atoms with Crippen LogP contribution in [0.1, 0.15) is 24.5 Å². The van der Waals surface area contributed by atoms with Gasteiger partial charge in [-0.15, -0.1) is 0 Å². The maximum Gasteiger partial charge on any atom is 0.311 e. The molecule has 1 heterocycles. The molecule has 0 radical (unpaired) electrons. The molecule has 1 aromatic carbocycles. The molecule has 0 aromatic heterocycles. The van der Waals surface area contributed by atoms with Crippen molar-refractivity contribution in [3.63, 3.8) is 0 Å². The van der Waals surface area contributed by atoms with E-state index in [0.717, 1.165) is 19.5 Å². The molecule has 4 nitrogen and oxygen atoms in total. The number of rotatable bonds is 5. The van der Waals surface area contributed by atoms with Crippen LogP contribution in [0.15, 0.2) is 24.3 Å². The molecule has 1 fully saturated rings. The summed E-state index contributed by atoms with van der Waals surface area (Å²) in [6, 6.07) is 8.67. The molecule has 0 saturated carbocycles. The van der Waals surface area contributed by atoms with Gasteiger partial charge >= 0.3 is 5.97 Å². The topological polar surface area (TPSA) is 50.4 Å². The van der Waals surface area contributed by atoms with Gasteiger partial charge < -0.3 is 15.4 Å². The monoisotopic (exact) mass is 276 g/mol. The summed E-state index contributed by atoms with van der Waals surface area (Å²) in [6.07, 6.45) is 0.954. The predicted octanol–water partition coefficient (Wildman–Crippen LogP) is 1.63. The van der Waals surface area contributed by atoms with E-state index in [-0.39, 0.29) is 17.9 Å². The van der Waals surface area contributed by atoms with Gasteiger partial charge in [-0.05, 0) is 32.4 Å². The molecule has 0 bridgehead atoms. The molecule has 0 spiro atoms. The quantitative estimate of drug-likeness (QED) is 0.803. The molecule has 2 atom stereocenters. The van der Waals surface area contributed by atoms with Crippen LogP contribution < -0.4 is 10.6 Å². The Labute approximate surface area is 120 Å². The molecule has 0 aliphatic carbocycles. The number of aryl methyl sites for hydroxylation is 1. The number of hydrogen-bond acceptors (Lipinski definition) is 4. The minimum absolute atomic E-state index is 0.0888. The first kappa shape index (κ1) is 15.0. The number of piperidine rings is 1. The van der Waals surface area contributed by atoms with E-state index in [1.807, 2.05) is 6.92 Å². The highest BCUT2D eigenvalue weighted by Crippen LogP contribution is 2.14. The summed E-state index contributed by atoms with van der Waals surface area (Å²) in [7, 11) is 0. The molecule has 0 amide bonds. The highest BCUT2D eigenvalue weighted by molar-refractivity contribution is 5.73. The fourth-order valence-corrected chi connectivity index (χ4v) is 2.55. The first-order chi connectivity index (χ1) is 9.70. The zero-order valence-electron chi connectivity index (χ0n) is 12.3. The number of esters is 1. The first-order valence-corrected chi connectivity index (χ1v) is 7.37. The summed E-state index contributed by atoms with van der Waals surface area (Å²) >= 11 is 0. The normalized spacial score (nSPS) is 22.5. The molecule has 20 heavy (non-hydrogen) atoms. The van der Waals surface area contributed by atoms with Gasteiger partial charge in [-0.1, -0.05) is 29.8 Å². The highest BCUT2D eigenvalue weighted by atomic mass is 16.5. The van der Waals surface area contributed by atoms with E-state index in [4.69, 9.17) is 4.74 Å². The molecule has 1 aromatic rings. The van der Waals surface area contributed by atoms with Gasteiger partial charge in [0.15, 0.2) is 0 Å². The molecular formula is C16H24N2O2. The summed E-state index contributed by atoms with van der Waals surface area (Å²) < 4.78 is 5.16. The highest BCUT2D eigenvalue weighted by Gasteiger charge is 2.31. The minimum atomic E-state index is -0.0962. The van der Waals surface area contributed by atoms with Crippen LogP contribution in [-0.2, 0) is 16.1 Å². The lowest BCUT2D eigenvalue weighted by atomic mass is 9.93. The largest absolute Gasteiger partial charge is 0.466 e. The van der Waals surface area contributed by atoms with Crippen molar-refractivity contribution >= 4 is 5.97 Å². The van der Waals surface area contributed by atoms with Gasteiger partial charge in [0.25, 0.3) is 0 Å². The number of carbonyl (C=O) groups excluding carboxylic acids is 1. The Hall–Kier alpha value is -1.39. The SMILES string of the molecule is CCOC(=O)C1CNCCC1NCc1ccc(C)cc1. The summed E-state index contributed by atoms with van der Waals surface area (Å²) in [5, 5.41) is 6.77. The second-order valence-corrected chi connectivity index (χ2v) is 5.32. The Kier molecular flexibility index (Phi) is 5.56. The van der Waals surface area contributed by atoms with Gasteiger partial charge in [0.1, 0.15) is 0 Å². The van der Waals surface area contributed by atoms with E-state index in [1.165, 1.54) is 11.1 Å². The Morgan fingerprint density at radius 3 is 2.85 bits per heavy atom. The number of benzene rings is 1. The van der Waals surface area contributed by atoms with E-state index in [9.17, 15) is 4.79 Å². The van der Waals surface area contributed by atoms with Gasteiger partial charge in [-0.3, -0.25) is 4.79 Å². The van der Waals surface area contributed by atoms with Crippen LogP contribution in [0.2, 0.25) is 0 Å².